The molecule has 0 fully saturated rings. The summed E-state index contributed by atoms with van der Waals surface area (Å²) in [7, 11) is 0. The lowest BCUT2D eigenvalue weighted by Crippen LogP contribution is -2.50. The lowest BCUT2D eigenvalue weighted by molar-refractivity contribution is -0.127. The number of anilines is 1. The van der Waals surface area contributed by atoms with Crippen LogP contribution in [0.15, 0.2) is 65.5 Å². The lowest BCUT2D eigenvalue weighted by atomic mass is 10.1. The Balaban J connectivity index is 1.28. The fraction of sp³-hybridized carbons (Fsp3) is 0.200. The number of aromatic nitrogens is 1. The van der Waals surface area contributed by atoms with E-state index in [-0.39, 0.29) is 48.4 Å². The first kappa shape index (κ1) is 27.0. The van der Waals surface area contributed by atoms with Crippen LogP contribution in [-0.2, 0) is 9.59 Å². The molecule has 3 aromatic rings. The summed E-state index contributed by atoms with van der Waals surface area (Å²) < 4.78 is 29.5. The van der Waals surface area contributed by atoms with Gasteiger partial charge in [-0.1, -0.05) is 34.9 Å². The first-order valence-electron chi connectivity index (χ1n) is 11.2. The van der Waals surface area contributed by atoms with E-state index in [1.165, 1.54) is 29.3 Å². The lowest BCUT2D eigenvalue weighted by Gasteiger charge is -2.33. The Morgan fingerprint density at radius 1 is 1.18 bits per heavy atom. The largest absolute Gasteiger partial charge is 0.484 e. The van der Waals surface area contributed by atoms with E-state index in [9.17, 15) is 18.8 Å². The van der Waals surface area contributed by atoms with Gasteiger partial charge >= 0.3 is 0 Å². The number of nitrogens with zero attached hydrogens (tertiary/aromatic N) is 2. The second-order valence-electron chi connectivity index (χ2n) is 8.07. The van der Waals surface area contributed by atoms with Crippen LogP contribution in [0.5, 0.6) is 11.5 Å². The SMILES string of the molecule is C=C(CCNC(=O)COc1ccc(Cl)c(F)c1)NC(=O)C1CN(C(=O)c2ccno2)c2cc(Cl)ccc2O1. The van der Waals surface area contributed by atoms with E-state index in [0.29, 0.717) is 16.4 Å². The Hall–Kier alpha value is -4.09. The van der Waals surface area contributed by atoms with Gasteiger partial charge in [-0.25, -0.2) is 4.39 Å². The van der Waals surface area contributed by atoms with Crippen LogP contribution in [0.3, 0.4) is 0 Å². The van der Waals surface area contributed by atoms with Gasteiger partial charge in [0.1, 0.15) is 17.3 Å². The highest BCUT2D eigenvalue weighted by molar-refractivity contribution is 6.31. The zero-order valence-electron chi connectivity index (χ0n) is 19.7. The van der Waals surface area contributed by atoms with Gasteiger partial charge in [0, 0.05) is 35.8 Å². The maximum Gasteiger partial charge on any atom is 0.297 e. The van der Waals surface area contributed by atoms with Crippen molar-refractivity contribution in [3.8, 4) is 11.5 Å². The van der Waals surface area contributed by atoms with Gasteiger partial charge in [0.2, 0.25) is 5.76 Å². The van der Waals surface area contributed by atoms with Gasteiger partial charge in [-0.2, -0.15) is 0 Å². The van der Waals surface area contributed by atoms with Crippen molar-refractivity contribution in [3.05, 3.63) is 82.6 Å². The van der Waals surface area contributed by atoms with E-state index in [1.807, 2.05) is 0 Å². The Labute approximate surface area is 226 Å². The van der Waals surface area contributed by atoms with Crippen molar-refractivity contribution in [2.45, 2.75) is 12.5 Å². The summed E-state index contributed by atoms with van der Waals surface area (Å²) in [6, 6.07) is 9.93. The monoisotopic (exact) mass is 562 g/mol. The molecule has 1 aliphatic rings. The number of hydrogen-bond donors (Lipinski definition) is 2. The van der Waals surface area contributed by atoms with Crippen LogP contribution >= 0.6 is 23.2 Å². The Morgan fingerprint density at radius 2 is 2.00 bits per heavy atom. The molecule has 2 N–H and O–H groups in total. The smallest absolute Gasteiger partial charge is 0.297 e. The van der Waals surface area contributed by atoms with Crippen molar-refractivity contribution in [2.24, 2.45) is 0 Å². The van der Waals surface area contributed by atoms with Crippen molar-refractivity contribution in [1.82, 2.24) is 15.8 Å². The molecule has 1 atom stereocenters. The van der Waals surface area contributed by atoms with Gasteiger partial charge in [0.25, 0.3) is 17.7 Å². The van der Waals surface area contributed by atoms with Crippen LogP contribution in [0.1, 0.15) is 17.0 Å². The summed E-state index contributed by atoms with van der Waals surface area (Å²) in [5.41, 5.74) is 0.697. The van der Waals surface area contributed by atoms with E-state index in [2.05, 4.69) is 22.4 Å². The Kier molecular flexibility index (Phi) is 8.49. The van der Waals surface area contributed by atoms with Crippen LogP contribution in [0, 0.1) is 5.82 Å². The summed E-state index contributed by atoms with van der Waals surface area (Å²) in [6.45, 7) is 3.50. The molecule has 0 aliphatic carbocycles. The number of hydrogen-bond acceptors (Lipinski definition) is 7. The molecule has 0 saturated carbocycles. The van der Waals surface area contributed by atoms with Crippen LogP contribution in [0.25, 0.3) is 0 Å². The summed E-state index contributed by atoms with van der Waals surface area (Å²) in [5, 5.41) is 9.12. The first-order valence-corrected chi connectivity index (χ1v) is 12.0. The van der Waals surface area contributed by atoms with Gasteiger partial charge < -0.3 is 24.6 Å². The summed E-state index contributed by atoms with van der Waals surface area (Å²) in [5.74, 6) is -1.73. The molecule has 38 heavy (non-hydrogen) atoms. The average Bonchev–Trinajstić information content (AvgIpc) is 3.43. The normalized spacial score (nSPS) is 14.2. The fourth-order valence-electron chi connectivity index (χ4n) is 3.48. The minimum atomic E-state index is -1.06. The van der Waals surface area contributed by atoms with E-state index in [4.69, 9.17) is 37.2 Å². The highest BCUT2D eigenvalue weighted by Gasteiger charge is 2.35. The van der Waals surface area contributed by atoms with Crippen molar-refractivity contribution >= 4 is 46.6 Å². The summed E-state index contributed by atoms with van der Waals surface area (Å²) >= 11 is 11.7. The van der Waals surface area contributed by atoms with Crippen LogP contribution < -0.4 is 25.0 Å². The molecule has 2 aromatic carbocycles. The van der Waals surface area contributed by atoms with Crippen molar-refractivity contribution < 1.29 is 32.8 Å². The molecule has 10 nitrogen and oxygen atoms in total. The number of halogens is 3. The Morgan fingerprint density at radius 3 is 2.74 bits per heavy atom. The predicted octanol–water partition coefficient (Wildman–Crippen LogP) is 3.74. The van der Waals surface area contributed by atoms with E-state index in [1.54, 1.807) is 18.2 Å². The first-order chi connectivity index (χ1) is 18.2. The number of benzene rings is 2. The highest BCUT2D eigenvalue weighted by Crippen LogP contribution is 2.36. The number of carbonyl (C=O) groups is 3. The van der Waals surface area contributed by atoms with Crippen molar-refractivity contribution in [1.29, 1.82) is 0 Å². The molecule has 0 radical (unpaired) electrons. The van der Waals surface area contributed by atoms with Crippen LogP contribution in [0.2, 0.25) is 10.0 Å². The molecule has 3 amide bonds. The Bertz CT molecular complexity index is 1370. The third-order valence-corrected chi connectivity index (χ3v) is 5.87. The zero-order chi connectivity index (χ0) is 27.2. The number of carbonyl (C=O) groups excluding carboxylic acids is 3. The predicted molar refractivity (Wildman–Crippen MR) is 136 cm³/mol. The fourth-order valence-corrected chi connectivity index (χ4v) is 3.76. The molecule has 2 heterocycles. The van der Waals surface area contributed by atoms with Crippen LogP contribution in [0.4, 0.5) is 10.1 Å². The summed E-state index contributed by atoms with van der Waals surface area (Å²) in [6.07, 6.45) is 0.491. The number of fused-ring (bicyclic) bond motifs is 1. The second kappa shape index (κ2) is 12.0. The van der Waals surface area contributed by atoms with Crippen molar-refractivity contribution in [2.75, 3.05) is 24.6 Å². The third kappa shape index (κ3) is 6.61. The van der Waals surface area contributed by atoms with E-state index >= 15 is 0 Å². The standard InChI is InChI=1S/C25H21Cl2FN4O6/c1-14(6-8-29-23(33)13-36-16-3-4-17(27)18(28)11-16)31-24(34)22-12-32(25(35)21-7-9-30-38-21)19-10-15(26)2-5-20(19)37-22/h2-5,7,9-11,22H,1,6,8,12-13H2,(H,29,33)(H,31,34). The minimum absolute atomic E-state index is 0.0117. The molecule has 13 heteroatoms. The number of amides is 3. The molecular weight excluding hydrogens is 542 g/mol. The molecular formula is C25H21Cl2FN4O6. The van der Waals surface area contributed by atoms with Crippen LogP contribution in [-0.4, -0.2) is 48.7 Å². The van der Waals surface area contributed by atoms with Gasteiger partial charge in [0.05, 0.1) is 23.5 Å². The number of nitrogens with one attached hydrogen (secondary N) is 2. The van der Waals surface area contributed by atoms with Crippen molar-refractivity contribution in [3.63, 3.8) is 0 Å². The van der Waals surface area contributed by atoms with Gasteiger partial charge in [-0.15, -0.1) is 0 Å². The average molecular weight is 563 g/mol. The van der Waals surface area contributed by atoms with E-state index < -0.39 is 29.6 Å². The van der Waals surface area contributed by atoms with E-state index in [0.717, 1.165) is 6.07 Å². The quantitative estimate of drug-likeness (QED) is 0.407. The molecule has 0 saturated heterocycles. The molecule has 1 aromatic heterocycles. The number of rotatable bonds is 9. The number of ether oxygens (including phenoxy) is 2. The molecule has 1 aliphatic heterocycles. The zero-order valence-corrected chi connectivity index (χ0v) is 21.2. The molecule has 1 unspecified atom stereocenters. The topological polar surface area (TPSA) is 123 Å². The summed E-state index contributed by atoms with van der Waals surface area (Å²) in [4.78, 5) is 39.2. The van der Waals surface area contributed by atoms with Gasteiger partial charge in [-0.3, -0.25) is 19.3 Å². The second-order valence-corrected chi connectivity index (χ2v) is 8.91. The minimum Gasteiger partial charge on any atom is -0.484 e. The maximum absolute atomic E-state index is 13.5. The molecule has 0 spiro atoms. The third-order valence-electron chi connectivity index (χ3n) is 5.33. The highest BCUT2D eigenvalue weighted by atomic mass is 35.5. The molecule has 198 valence electrons. The van der Waals surface area contributed by atoms with Gasteiger partial charge in [-0.05, 0) is 30.3 Å². The molecule has 4 rings (SSSR count). The van der Waals surface area contributed by atoms with Gasteiger partial charge in [0.15, 0.2) is 12.7 Å². The maximum atomic E-state index is 13.5. The molecule has 0 bridgehead atoms.